The Labute approximate surface area is 142 Å². The van der Waals surface area contributed by atoms with Crippen LogP contribution in [0, 0.1) is 5.92 Å². The highest BCUT2D eigenvalue weighted by molar-refractivity contribution is 5.93. The van der Waals surface area contributed by atoms with Crippen LogP contribution in [-0.2, 0) is 11.0 Å². The van der Waals surface area contributed by atoms with E-state index in [0.29, 0.717) is 12.2 Å². The van der Waals surface area contributed by atoms with E-state index >= 15 is 0 Å². The number of halogens is 4. The molecule has 1 aliphatic rings. The van der Waals surface area contributed by atoms with E-state index in [-0.39, 0.29) is 29.9 Å². The number of rotatable bonds is 3. The Kier molecular flexibility index (Phi) is 5.51. The van der Waals surface area contributed by atoms with Crippen LogP contribution in [0.2, 0.25) is 0 Å². The first-order valence-electron chi connectivity index (χ1n) is 7.18. The predicted octanol–water partition coefficient (Wildman–Crippen LogP) is 2.86. The van der Waals surface area contributed by atoms with E-state index in [0.717, 1.165) is 29.9 Å². The SMILES string of the molecule is Cl.O=C(Nc1ccc(-n2nccc2C(F)(F)F)cc1)[C@H]1CCNC1. The summed E-state index contributed by atoms with van der Waals surface area (Å²) in [7, 11) is 0. The summed E-state index contributed by atoms with van der Waals surface area (Å²) in [5.74, 6) is -0.157. The van der Waals surface area contributed by atoms with E-state index < -0.39 is 11.9 Å². The van der Waals surface area contributed by atoms with E-state index in [1.807, 2.05) is 0 Å². The van der Waals surface area contributed by atoms with Gasteiger partial charge in [0, 0.05) is 12.2 Å². The van der Waals surface area contributed by atoms with Crippen molar-refractivity contribution in [2.45, 2.75) is 12.6 Å². The van der Waals surface area contributed by atoms with Gasteiger partial charge >= 0.3 is 6.18 Å². The number of hydrogen-bond donors (Lipinski definition) is 2. The normalized spacial score (nSPS) is 17.4. The zero-order chi connectivity index (χ0) is 16.4. The maximum Gasteiger partial charge on any atom is 0.433 e. The lowest BCUT2D eigenvalue weighted by Gasteiger charge is -2.12. The molecule has 1 atom stereocenters. The molecule has 3 rings (SSSR count). The van der Waals surface area contributed by atoms with Crippen molar-refractivity contribution in [2.24, 2.45) is 5.92 Å². The third-order valence-electron chi connectivity index (χ3n) is 3.74. The van der Waals surface area contributed by atoms with E-state index in [4.69, 9.17) is 0 Å². The number of amides is 1. The average Bonchev–Trinajstić information content (AvgIpc) is 3.19. The van der Waals surface area contributed by atoms with Gasteiger partial charge in [0.1, 0.15) is 5.69 Å². The van der Waals surface area contributed by atoms with Crippen molar-refractivity contribution in [1.29, 1.82) is 0 Å². The molecule has 0 unspecified atom stereocenters. The number of nitrogens with one attached hydrogen (secondary N) is 2. The third kappa shape index (κ3) is 3.88. The number of aromatic nitrogens is 2. The molecule has 9 heteroatoms. The fourth-order valence-electron chi connectivity index (χ4n) is 2.53. The fourth-order valence-corrected chi connectivity index (χ4v) is 2.53. The highest BCUT2D eigenvalue weighted by atomic mass is 35.5. The molecule has 2 heterocycles. The number of alkyl halides is 3. The molecule has 5 nitrogen and oxygen atoms in total. The van der Waals surface area contributed by atoms with E-state index in [2.05, 4.69) is 15.7 Å². The molecular formula is C15H16ClF3N4O. The van der Waals surface area contributed by atoms with E-state index in [9.17, 15) is 18.0 Å². The van der Waals surface area contributed by atoms with Crippen LogP contribution in [0.15, 0.2) is 36.5 Å². The lowest BCUT2D eigenvalue weighted by molar-refractivity contribution is -0.142. The van der Waals surface area contributed by atoms with Gasteiger partial charge in [-0.1, -0.05) is 0 Å². The van der Waals surface area contributed by atoms with Crippen LogP contribution < -0.4 is 10.6 Å². The van der Waals surface area contributed by atoms with Gasteiger partial charge in [0.25, 0.3) is 0 Å². The standard InChI is InChI=1S/C15H15F3N4O.ClH/c16-15(17,18)13-6-8-20-22(13)12-3-1-11(2-4-12)21-14(23)10-5-7-19-9-10;/h1-4,6,8,10,19H,5,7,9H2,(H,21,23);1H/t10-;/m0./s1. The Balaban J connectivity index is 0.00000208. The summed E-state index contributed by atoms with van der Waals surface area (Å²) in [6, 6.07) is 7.03. The molecule has 0 spiro atoms. The van der Waals surface area contributed by atoms with Gasteiger partial charge < -0.3 is 10.6 Å². The van der Waals surface area contributed by atoms with Crippen molar-refractivity contribution >= 4 is 24.0 Å². The molecule has 1 aliphatic heterocycles. The first-order valence-corrected chi connectivity index (χ1v) is 7.18. The molecule has 0 bridgehead atoms. The summed E-state index contributed by atoms with van der Waals surface area (Å²) in [6.07, 6.45) is -2.59. The van der Waals surface area contributed by atoms with Crippen molar-refractivity contribution in [1.82, 2.24) is 15.1 Å². The van der Waals surface area contributed by atoms with Crippen molar-refractivity contribution in [3.05, 3.63) is 42.2 Å². The van der Waals surface area contributed by atoms with E-state index in [1.54, 1.807) is 12.1 Å². The summed E-state index contributed by atoms with van der Waals surface area (Å²) >= 11 is 0. The minimum atomic E-state index is -4.47. The number of carbonyl (C=O) groups is 1. The van der Waals surface area contributed by atoms with Crippen molar-refractivity contribution in [3.63, 3.8) is 0 Å². The van der Waals surface area contributed by atoms with Crippen LogP contribution in [0.25, 0.3) is 5.69 Å². The summed E-state index contributed by atoms with van der Waals surface area (Å²) in [4.78, 5) is 12.0. The van der Waals surface area contributed by atoms with Gasteiger partial charge in [0.15, 0.2) is 0 Å². The van der Waals surface area contributed by atoms with Crippen LogP contribution in [0.3, 0.4) is 0 Å². The van der Waals surface area contributed by atoms with Crippen LogP contribution in [0.4, 0.5) is 18.9 Å². The van der Waals surface area contributed by atoms with Crippen LogP contribution in [0.5, 0.6) is 0 Å². The second-order valence-corrected chi connectivity index (χ2v) is 5.35. The molecule has 1 saturated heterocycles. The average molecular weight is 361 g/mol. The molecule has 24 heavy (non-hydrogen) atoms. The smallest absolute Gasteiger partial charge is 0.326 e. The number of carbonyl (C=O) groups excluding carboxylic acids is 1. The fraction of sp³-hybridized carbons (Fsp3) is 0.333. The zero-order valence-corrected chi connectivity index (χ0v) is 13.3. The highest BCUT2D eigenvalue weighted by Crippen LogP contribution is 2.30. The van der Waals surface area contributed by atoms with E-state index in [1.165, 1.54) is 12.1 Å². The molecule has 0 radical (unpaired) electrons. The highest BCUT2D eigenvalue weighted by Gasteiger charge is 2.35. The monoisotopic (exact) mass is 360 g/mol. The van der Waals surface area contributed by atoms with Crippen molar-refractivity contribution < 1.29 is 18.0 Å². The zero-order valence-electron chi connectivity index (χ0n) is 12.5. The molecule has 0 saturated carbocycles. The second-order valence-electron chi connectivity index (χ2n) is 5.35. The first-order chi connectivity index (χ1) is 10.9. The van der Waals surface area contributed by atoms with Gasteiger partial charge in [-0.3, -0.25) is 4.79 Å². The molecule has 1 aromatic heterocycles. The predicted molar refractivity (Wildman–Crippen MR) is 85.4 cm³/mol. The van der Waals surface area contributed by atoms with Gasteiger partial charge in [0.2, 0.25) is 5.91 Å². The van der Waals surface area contributed by atoms with Crippen LogP contribution in [-0.4, -0.2) is 28.8 Å². The first kappa shape index (κ1) is 18.3. The van der Waals surface area contributed by atoms with Gasteiger partial charge in [-0.05, 0) is 43.3 Å². The second kappa shape index (κ2) is 7.23. The molecule has 130 valence electrons. The Morgan fingerprint density at radius 2 is 1.96 bits per heavy atom. The minimum absolute atomic E-state index is 0. The lowest BCUT2D eigenvalue weighted by Crippen LogP contribution is -2.24. The number of hydrogen-bond acceptors (Lipinski definition) is 3. The molecule has 0 aliphatic carbocycles. The maximum atomic E-state index is 12.9. The number of nitrogens with zero attached hydrogens (tertiary/aromatic N) is 2. The Morgan fingerprint density at radius 1 is 1.25 bits per heavy atom. The third-order valence-corrected chi connectivity index (χ3v) is 3.74. The van der Waals surface area contributed by atoms with Crippen LogP contribution in [0.1, 0.15) is 12.1 Å². The van der Waals surface area contributed by atoms with Crippen molar-refractivity contribution in [2.75, 3.05) is 18.4 Å². The number of anilines is 1. The summed E-state index contributed by atoms with van der Waals surface area (Å²) < 4.78 is 39.4. The molecule has 2 aromatic rings. The van der Waals surface area contributed by atoms with Crippen molar-refractivity contribution in [3.8, 4) is 5.69 Å². The topological polar surface area (TPSA) is 59.0 Å². The minimum Gasteiger partial charge on any atom is -0.326 e. The van der Waals surface area contributed by atoms with Gasteiger partial charge in [-0.2, -0.15) is 18.3 Å². The Morgan fingerprint density at radius 3 is 2.54 bits per heavy atom. The van der Waals surface area contributed by atoms with Crippen LogP contribution >= 0.6 is 12.4 Å². The molecule has 1 fully saturated rings. The van der Waals surface area contributed by atoms with Gasteiger partial charge in [0.05, 0.1) is 17.8 Å². The molecular weight excluding hydrogens is 345 g/mol. The number of benzene rings is 1. The molecule has 1 amide bonds. The summed E-state index contributed by atoms with van der Waals surface area (Å²) in [5, 5.41) is 9.59. The molecule has 1 aromatic carbocycles. The quantitative estimate of drug-likeness (QED) is 0.885. The molecule has 2 N–H and O–H groups in total. The largest absolute Gasteiger partial charge is 0.433 e. The maximum absolute atomic E-state index is 12.9. The van der Waals surface area contributed by atoms with Gasteiger partial charge in [-0.25, -0.2) is 4.68 Å². The lowest BCUT2D eigenvalue weighted by atomic mass is 10.1. The summed E-state index contributed by atoms with van der Waals surface area (Å²) in [5.41, 5.74) is -0.0134. The summed E-state index contributed by atoms with van der Waals surface area (Å²) in [6.45, 7) is 1.46. The van der Waals surface area contributed by atoms with Gasteiger partial charge in [-0.15, -0.1) is 12.4 Å². The Hall–Kier alpha value is -2.06. The Bertz CT molecular complexity index is 693.